The minimum atomic E-state index is -4.57. The quantitative estimate of drug-likeness (QED) is 0.436. The van der Waals surface area contributed by atoms with E-state index in [0.717, 1.165) is 4.46 Å². The third kappa shape index (κ3) is 4.49. The zero-order chi connectivity index (χ0) is 16.0. The first-order valence-corrected chi connectivity index (χ1v) is 8.93. The molecule has 112 valence electrons. The number of benzene rings is 2. The monoisotopic (exact) mass is 367 g/mol. The average molecular weight is 366 g/mol. The van der Waals surface area contributed by atoms with Crippen LogP contribution in [0.1, 0.15) is 5.56 Å². The molecule has 0 atom stereocenters. The molecular weight excluding hydrogens is 354 g/mol. The van der Waals surface area contributed by atoms with Crippen LogP contribution in [0.2, 0.25) is 5.82 Å². The number of hydrogen-bond donors (Lipinski definition) is 0. The zero-order valence-electron chi connectivity index (χ0n) is 11.7. The Kier molecular flexibility index (Phi) is 5.43. The van der Waals surface area contributed by atoms with Crippen molar-refractivity contribution in [2.24, 2.45) is 4.99 Å². The fourth-order valence-electron chi connectivity index (χ4n) is 1.67. The molecule has 22 heavy (non-hydrogen) atoms. The van der Waals surface area contributed by atoms with Crippen LogP contribution in [0.25, 0.3) is 0 Å². The molecule has 0 fully saturated rings. The van der Waals surface area contributed by atoms with Gasteiger partial charge in [-0.05, 0) is 0 Å². The molecule has 0 N–H and O–H groups in total. The summed E-state index contributed by atoms with van der Waals surface area (Å²) in [4.78, 5) is 3.62. The van der Waals surface area contributed by atoms with Crippen LogP contribution in [-0.2, 0) is 0 Å². The van der Waals surface area contributed by atoms with Crippen molar-refractivity contribution in [2.75, 3.05) is 0 Å². The number of nitrogens with zero attached hydrogens (tertiary/aromatic N) is 1. The van der Waals surface area contributed by atoms with Gasteiger partial charge in [0.05, 0.1) is 0 Å². The van der Waals surface area contributed by atoms with Gasteiger partial charge in [0, 0.05) is 0 Å². The summed E-state index contributed by atoms with van der Waals surface area (Å²) in [6, 6.07) is 15.2. The SMILES string of the molecule is C[Se]c1ccccc1C#CC(=Nc1ccccc1)C(F)(F)F. The standard InChI is InChI=1S/C17H12F3NSe/c1-22-15-10-6-5-7-13(15)11-12-16(17(18,19)20)21-14-8-3-2-4-9-14/h2-10H,1H3. The molecule has 1 nitrogen and oxygen atoms in total. The summed E-state index contributed by atoms with van der Waals surface area (Å²) >= 11 is 0.167. The first-order chi connectivity index (χ1) is 10.5. The maximum absolute atomic E-state index is 13.1. The number of aliphatic imine (C=N–C) groups is 1. The van der Waals surface area contributed by atoms with Crippen LogP contribution in [0, 0.1) is 11.8 Å². The third-order valence-electron chi connectivity index (χ3n) is 2.69. The summed E-state index contributed by atoms with van der Waals surface area (Å²) in [5.41, 5.74) is -0.232. The van der Waals surface area contributed by atoms with Gasteiger partial charge in [-0.15, -0.1) is 0 Å². The van der Waals surface area contributed by atoms with Crippen molar-refractivity contribution < 1.29 is 13.2 Å². The van der Waals surface area contributed by atoms with Gasteiger partial charge in [-0.1, -0.05) is 0 Å². The van der Waals surface area contributed by atoms with E-state index in [1.165, 1.54) is 12.1 Å². The van der Waals surface area contributed by atoms with Crippen LogP contribution >= 0.6 is 0 Å². The second-order valence-electron chi connectivity index (χ2n) is 4.24. The number of hydrogen-bond acceptors (Lipinski definition) is 1. The van der Waals surface area contributed by atoms with Crippen LogP contribution < -0.4 is 4.46 Å². The molecule has 2 rings (SSSR count). The Hall–Kier alpha value is -2.02. The van der Waals surface area contributed by atoms with Gasteiger partial charge in [-0.25, -0.2) is 0 Å². The summed E-state index contributed by atoms with van der Waals surface area (Å²) in [6.07, 6.45) is -4.57. The Morgan fingerprint density at radius 2 is 1.64 bits per heavy atom. The summed E-state index contributed by atoms with van der Waals surface area (Å²) < 4.78 is 40.2. The van der Waals surface area contributed by atoms with Gasteiger partial charge in [0.1, 0.15) is 0 Å². The summed E-state index contributed by atoms with van der Waals surface area (Å²) in [5, 5.41) is 0. The molecule has 0 aliphatic carbocycles. The van der Waals surface area contributed by atoms with E-state index in [1.54, 1.807) is 30.3 Å². The maximum atomic E-state index is 13.1. The van der Waals surface area contributed by atoms with Crippen LogP contribution in [0.3, 0.4) is 0 Å². The summed E-state index contributed by atoms with van der Waals surface area (Å²) in [7, 11) is 0. The number of alkyl halides is 3. The van der Waals surface area contributed by atoms with Gasteiger partial charge in [0.25, 0.3) is 0 Å². The van der Waals surface area contributed by atoms with Gasteiger partial charge in [-0.3, -0.25) is 0 Å². The van der Waals surface area contributed by atoms with E-state index in [2.05, 4.69) is 16.8 Å². The first-order valence-electron chi connectivity index (χ1n) is 6.36. The molecule has 0 unspecified atom stereocenters. The van der Waals surface area contributed by atoms with E-state index >= 15 is 0 Å². The van der Waals surface area contributed by atoms with Crippen LogP contribution in [0.5, 0.6) is 0 Å². The molecule has 0 aliphatic heterocycles. The normalized spacial score (nSPS) is 11.7. The molecule has 0 aromatic heterocycles. The zero-order valence-corrected chi connectivity index (χ0v) is 13.4. The molecule has 0 radical (unpaired) electrons. The van der Waals surface area contributed by atoms with Crippen molar-refractivity contribution in [3.05, 3.63) is 60.2 Å². The van der Waals surface area contributed by atoms with Gasteiger partial charge in [-0.2, -0.15) is 0 Å². The molecule has 0 heterocycles. The molecule has 5 heteroatoms. The van der Waals surface area contributed by atoms with E-state index in [-0.39, 0.29) is 20.6 Å². The molecule has 0 spiro atoms. The molecule has 0 aliphatic rings. The van der Waals surface area contributed by atoms with Crippen molar-refractivity contribution in [3.8, 4) is 11.8 Å². The third-order valence-corrected chi connectivity index (χ3v) is 4.36. The molecule has 0 amide bonds. The Morgan fingerprint density at radius 1 is 1.00 bits per heavy atom. The van der Waals surface area contributed by atoms with Crippen LogP contribution in [0.4, 0.5) is 18.9 Å². The van der Waals surface area contributed by atoms with Gasteiger partial charge < -0.3 is 0 Å². The number of para-hydroxylation sites is 1. The Labute approximate surface area is 133 Å². The van der Waals surface area contributed by atoms with Crippen LogP contribution in [-0.4, -0.2) is 26.8 Å². The van der Waals surface area contributed by atoms with Crippen LogP contribution in [0.15, 0.2) is 59.6 Å². The first kappa shape index (κ1) is 16.4. The van der Waals surface area contributed by atoms with E-state index in [9.17, 15) is 13.2 Å². The average Bonchev–Trinajstić information content (AvgIpc) is 2.51. The fourth-order valence-corrected chi connectivity index (χ4v) is 2.83. The Morgan fingerprint density at radius 3 is 2.27 bits per heavy atom. The predicted octanol–water partition coefficient (Wildman–Crippen LogP) is 3.75. The number of rotatable bonds is 2. The van der Waals surface area contributed by atoms with Gasteiger partial charge in [0.15, 0.2) is 0 Å². The van der Waals surface area contributed by atoms with Crippen molar-refractivity contribution in [1.82, 2.24) is 0 Å². The van der Waals surface area contributed by atoms with Crippen molar-refractivity contribution in [1.29, 1.82) is 0 Å². The molecule has 0 saturated carbocycles. The Bertz CT molecular complexity index is 725. The fraction of sp³-hybridized carbons (Fsp3) is 0.118. The second-order valence-corrected chi connectivity index (χ2v) is 6.02. The van der Waals surface area contributed by atoms with Gasteiger partial charge in [0.2, 0.25) is 0 Å². The second kappa shape index (κ2) is 7.31. The Balaban J connectivity index is 2.42. The summed E-state index contributed by atoms with van der Waals surface area (Å²) in [5.74, 6) is 6.79. The topological polar surface area (TPSA) is 12.4 Å². The molecule has 2 aromatic carbocycles. The van der Waals surface area contributed by atoms with E-state index in [4.69, 9.17) is 0 Å². The molecular formula is C17H12F3NSe. The predicted molar refractivity (Wildman–Crippen MR) is 84.2 cm³/mol. The van der Waals surface area contributed by atoms with Crippen molar-refractivity contribution >= 4 is 30.8 Å². The van der Waals surface area contributed by atoms with Gasteiger partial charge >= 0.3 is 133 Å². The molecule has 0 saturated heterocycles. The molecule has 0 bridgehead atoms. The number of halogens is 3. The van der Waals surface area contributed by atoms with Crippen molar-refractivity contribution in [3.63, 3.8) is 0 Å². The summed E-state index contributed by atoms with van der Waals surface area (Å²) in [6.45, 7) is 0. The minimum absolute atomic E-state index is 0.167. The van der Waals surface area contributed by atoms with Crippen molar-refractivity contribution in [2.45, 2.75) is 12.0 Å². The van der Waals surface area contributed by atoms with E-state index in [1.807, 2.05) is 18.0 Å². The molecule has 2 aromatic rings. The van der Waals surface area contributed by atoms with E-state index < -0.39 is 11.9 Å². The van der Waals surface area contributed by atoms with E-state index in [0.29, 0.717) is 5.56 Å².